The van der Waals surface area contributed by atoms with Crippen molar-refractivity contribution in [3.8, 4) is 5.88 Å². The fraction of sp³-hybridized carbons (Fsp3) is 0.182. The molecule has 0 saturated heterocycles. The minimum Gasteiger partial charge on any atom is -0.471 e. The number of nitrogens with zero attached hydrogens (tertiary/aromatic N) is 3. The van der Waals surface area contributed by atoms with Gasteiger partial charge in [0.1, 0.15) is 18.0 Å². The first-order valence-electron chi connectivity index (χ1n) is 5.12. The van der Waals surface area contributed by atoms with Gasteiger partial charge in [-0.3, -0.25) is 14.8 Å². The van der Waals surface area contributed by atoms with Crippen molar-refractivity contribution in [3.63, 3.8) is 0 Å². The minimum atomic E-state index is -0.667. The van der Waals surface area contributed by atoms with Gasteiger partial charge in [-0.15, -0.1) is 5.10 Å². The Labute approximate surface area is 102 Å². The van der Waals surface area contributed by atoms with E-state index < -0.39 is 10.7 Å². The maximum absolute atomic E-state index is 13.5. The lowest BCUT2D eigenvalue weighted by Gasteiger charge is -2.05. The molecule has 1 heterocycles. The van der Waals surface area contributed by atoms with E-state index in [2.05, 4.69) is 5.10 Å². The number of nitro benzene ring substituents is 1. The highest BCUT2D eigenvalue weighted by Crippen LogP contribution is 2.22. The number of aromatic nitrogens is 2. The fourth-order valence-corrected chi connectivity index (χ4v) is 1.48. The highest BCUT2D eigenvalue weighted by molar-refractivity contribution is 5.40. The number of benzene rings is 1. The van der Waals surface area contributed by atoms with Crippen molar-refractivity contribution in [2.75, 3.05) is 0 Å². The number of nitro groups is 1. The zero-order chi connectivity index (χ0) is 13.1. The lowest BCUT2D eigenvalue weighted by molar-refractivity contribution is -0.386. The van der Waals surface area contributed by atoms with Crippen LogP contribution in [0.25, 0.3) is 0 Å². The van der Waals surface area contributed by atoms with Gasteiger partial charge in [0.2, 0.25) is 5.88 Å². The normalized spacial score (nSPS) is 10.3. The summed E-state index contributed by atoms with van der Waals surface area (Å²) in [5.74, 6) is -0.379. The molecule has 2 aromatic rings. The van der Waals surface area contributed by atoms with Gasteiger partial charge in [-0.1, -0.05) is 6.07 Å². The molecule has 0 aliphatic carbocycles. The Bertz CT molecular complexity index is 583. The van der Waals surface area contributed by atoms with Crippen molar-refractivity contribution in [2.24, 2.45) is 7.05 Å². The zero-order valence-electron chi connectivity index (χ0n) is 9.54. The van der Waals surface area contributed by atoms with E-state index in [1.807, 2.05) is 0 Å². The third-order valence-corrected chi connectivity index (χ3v) is 2.34. The van der Waals surface area contributed by atoms with Crippen LogP contribution in [0.3, 0.4) is 0 Å². The van der Waals surface area contributed by atoms with Gasteiger partial charge in [-0.2, -0.15) is 0 Å². The summed E-state index contributed by atoms with van der Waals surface area (Å²) >= 11 is 0. The molecular formula is C11H10FN3O3. The zero-order valence-corrected chi connectivity index (χ0v) is 9.54. The molecule has 0 saturated carbocycles. The molecule has 0 N–H and O–H groups in total. The second-order valence-corrected chi connectivity index (χ2v) is 3.61. The van der Waals surface area contributed by atoms with E-state index in [0.717, 1.165) is 6.07 Å². The number of aryl methyl sites for hydroxylation is 1. The van der Waals surface area contributed by atoms with Crippen LogP contribution in [0.1, 0.15) is 5.56 Å². The van der Waals surface area contributed by atoms with Crippen molar-refractivity contribution >= 4 is 5.69 Å². The van der Waals surface area contributed by atoms with Crippen LogP contribution in [-0.2, 0) is 13.7 Å². The molecule has 1 aromatic heterocycles. The molecule has 0 radical (unpaired) electrons. The predicted octanol–water partition coefficient (Wildman–Crippen LogP) is 2.05. The Balaban J connectivity index is 2.20. The topological polar surface area (TPSA) is 70.2 Å². The molecule has 0 spiro atoms. The molecule has 0 amide bonds. The third-order valence-electron chi connectivity index (χ3n) is 2.34. The summed E-state index contributed by atoms with van der Waals surface area (Å²) in [6, 6.07) is 5.27. The Morgan fingerprint density at radius 1 is 1.50 bits per heavy atom. The number of ether oxygens (including phenoxy) is 1. The second-order valence-electron chi connectivity index (χ2n) is 3.61. The van der Waals surface area contributed by atoms with Crippen LogP contribution in [0.4, 0.5) is 10.1 Å². The van der Waals surface area contributed by atoms with Crippen molar-refractivity contribution in [3.05, 3.63) is 52.0 Å². The van der Waals surface area contributed by atoms with E-state index in [1.165, 1.54) is 16.8 Å². The molecule has 0 fully saturated rings. The first kappa shape index (κ1) is 12.0. The van der Waals surface area contributed by atoms with Gasteiger partial charge in [-0.25, -0.2) is 4.39 Å². The molecule has 18 heavy (non-hydrogen) atoms. The van der Waals surface area contributed by atoms with Gasteiger partial charge in [0.05, 0.1) is 4.92 Å². The predicted molar refractivity (Wildman–Crippen MR) is 60.6 cm³/mol. The van der Waals surface area contributed by atoms with Crippen molar-refractivity contribution in [2.45, 2.75) is 6.61 Å². The Kier molecular flexibility index (Phi) is 3.22. The standard InChI is InChI=1S/C11H10FN3O3/c1-14-6-5-11(13-14)18-7-8-9(12)3-2-4-10(8)15(16)17/h2-6H,7H2,1H3. The van der Waals surface area contributed by atoms with Crippen LogP contribution in [0, 0.1) is 15.9 Å². The third kappa shape index (κ3) is 2.45. The Hall–Kier alpha value is -2.44. The van der Waals surface area contributed by atoms with Crippen LogP contribution < -0.4 is 4.74 Å². The second kappa shape index (κ2) is 4.82. The van der Waals surface area contributed by atoms with E-state index in [9.17, 15) is 14.5 Å². The van der Waals surface area contributed by atoms with Gasteiger partial charge in [-0.05, 0) is 6.07 Å². The first-order valence-corrected chi connectivity index (χ1v) is 5.12. The van der Waals surface area contributed by atoms with E-state index in [4.69, 9.17) is 4.74 Å². The van der Waals surface area contributed by atoms with Crippen LogP contribution in [0.2, 0.25) is 0 Å². The largest absolute Gasteiger partial charge is 0.471 e. The molecule has 2 rings (SSSR count). The molecule has 7 heteroatoms. The lowest BCUT2D eigenvalue weighted by atomic mass is 10.2. The van der Waals surface area contributed by atoms with Crippen LogP contribution in [0.5, 0.6) is 5.88 Å². The summed E-state index contributed by atoms with van der Waals surface area (Å²) in [6.07, 6.45) is 1.66. The van der Waals surface area contributed by atoms with E-state index in [-0.39, 0.29) is 23.7 Å². The monoisotopic (exact) mass is 251 g/mol. The number of hydrogen-bond acceptors (Lipinski definition) is 4. The molecule has 1 aromatic carbocycles. The number of rotatable bonds is 4. The number of halogens is 1. The van der Waals surface area contributed by atoms with E-state index >= 15 is 0 Å². The lowest BCUT2D eigenvalue weighted by Crippen LogP contribution is -2.04. The summed E-state index contributed by atoms with van der Waals surface area (Å²) in [5, 5.41) is 14.7. The highest BCUT2D eigenvalue weighted by Gasteiger charge is 2.18. The maximum atomic E-state index is 13.5. The van der Waals surface area contributed by atoms with Crippen molar-refractivity contribution in [1.82, 2.24) is 9.78 Å². The maximum Gasteiger partial charge on any atom is 0.278 e. The number of hydrogen-bond donors (Lipinski definition) is 0. The molecule has 0 aliphatic heterocycles. The van der Waals surface area contributed by atoms with Gasteiger partial charge in [0.15, 0.2) is 0 Å². The van der Waals surface area contributed by atoms with E-state index in [1.54, 1.807) is 19.3 Å². The quantitative estimate of drug-likeness (QED) is 0.616. The average Bonchev–Trinajstić information content (AvgIpc) is 2.73. The summed E-state index contributed by atoms with van der Waals surface area (Å²) < 4.78 is 20.2. The molecule has 0 aliphatic rings. The summed E-state index contributed by atoms with van der Waals surface area (Å²) in [7, 11) is 1.71. The molecular weight excluding hydrogens is 241 g/mol. The highest BCUT2D eigenvalue weighted by atomic mass is 19.1. The van der Waals surface area contributed by atoms with E-state index in [0.29, 0.717) is 0 Å². The molecule has 94 valence electrons. The van der Waals surface area contributed by atoms with Crippen molar-refractivity contribution in [1.29, 1.82) is 0 Å². The van der Waals surface area contributed by atoms with Gasteiger partial charge < -0.3 is 4.74 Å². The smallest absolute Gasteiger partial charge is 0.278 e. The first-order chi connectivity index (χ1) is 8.58. The fourth-order valence-electron chi connectivity index (χ4n) is 1.48. The summed E-state index contributed by atoms with van der Waals surface area (Å²) in [6.45, 7) is -0.236. The Morgan fingerprint density at radius 2 is 2.28 bits per heavy atom. The summed E-state index contributed by atoms with van der Waals surface area (Å²) in [5.41, 5.74) is -0.390. The van der Waals surface area contributed by atoms with Gasteiger partial charge in [0.25, 0.3) is 5.69 Å². The molecule has 0 bridgehead atoms. The van der Waals surface area contributed by atoms with Crippen molar-refractivity contribution < 1.29 is 14.1 Å². The molecule has 0 unspecified atom stereocenters. The molecule has 6 nitrogen and oxygen atoms in total. The average molecular weight is 251 g/mol. The van der Waals surface area contributed by atoms with Crippen LogP contribution >= 0.6 is 0 Å². The summed E-state index contributed by atoms with van der Waals surface area (Å²) in [4.78, 5) is 10.1. The van der Waals surface area contributed by atoms with Crippen LogP contribution in [0.15, 0.2) is 30.5 Å². The van der Waals surface area contributed by atoms with Crippen LogP contribution in [-0.4, -0.2) is 14.7 Å². The minimum absolute atomic E-state index is 0.0897. The van der Waals surface area contributed by atoms with Gasteiger partial charge in [0, 0.05) is 25.4 Å². The van der Waals surface area contributed by atoms with Gasteiger partial charge >= 0.3 is 0 Å². The Morgan fingerprint density at radius 3 is 2.89 bits per heavy atom. The molecule has 0 atom stereocenters. The SMILES string of the molecule is Cn1ccc(OCc2c(F)cccc2[N+](=O)[O-])n1.